The van der Waals surface area contributed by atoms with Crippen molar-refractivity contribution in [1.29, 1.82) is 0 Å². The van der Waals surface area contributed by atoms with Gasteiger partial charge in [0, 0.05) is 6.04 Å². The van der Waals surface area contributed by atoms with E-state index in [0.29, 0.717) is 12.6 Å². The molecule has 1 fully saturated rings. The molecule has 0 saturated heterocycles. The van der Waals surface area contributed by atoms with E-state index in [1.54, 1.807) is 0 Å². The third-order valence-corrected chi connectivity index (χ3v) is 3.32. The number of hydrogen-bond donors (Lipinski definition) is 1. The first-order valence-corrected chi connectivity index (χ1v) is 6.80. The minimum absolute atomic E-state index is 0.480. The summed E-state index contributed by atoms with van der Waals surface area (Å²) in [7, 11) is 0. The molecule has 1 heterocycles. The molecule has 0 amide bonds. The second-order valence-corrected chi connectivity index (χ2v) is 5.08. The zero-order valence-electron chi connectivity index (χ0n) is 11.2. The molecule has 0 spiro atoms. The predicted molar refractivity (Wildman–Crippen MR) is 74.1 cm³/mol. The van der Waals surface area contributed by atoms with Crippen molar-refractivity contribution < 1.29 is 9.15 Å². The Hall–Kier alpha value is -1.74. The number of rotatable bonds is 6. The highest BCUT2D eigenvalue weighted by Crippen LogP contribution is 2.21. The van der Waals surface area contributed by atoms with Crippen LogP contribution in [0.15, 0.2) is 40.8 Å². The van der Waals surface area contributed by atoms with Gasteiger partial charge < -0.3 is 14.5 Å². The van der Waals surface area contributed by atoms with Crippen LogP contribution in [0.3, 0.4) is 0 Å². The number of furan rings is 1. The van der Waals surface area contributed by atoms with Crippen LogP contribution in [0.1, 0.15) is 29.9 Å². The van der Waals surface area contributed by atoms with Crippen molar-refractivity contribution in [3.05, 3.63) is 53.5 Å². The van der Waals surface area contributed by atoms with Crippen molar-refractivity contribution in [2.75, 3.05) is 0 Å². The molecule has 3 nitrogen and oxygen atoms in total. The molecule has 3 rings (SSSR count). The predicted octanol–water partition coefficient (Wildman–Crippen LogP) is 3.42. The average molecular weight is 257 g/mol. The average Bonchev–Trinajstić information content (AvgIpc) is 3.19. The molecule has 1 aromatic carbocycles. The van der Waals surface area contributed by atoms with E-state index in [1.807, 2.05) is 30.3 Å². The molecule has 100 valence electrons. The first-order chi connectivity index (χ1) is 9.31. The van der Waals surface area contributed by atoms with E-state index < -0.39 is 0 Å². The van der Waals surface area contributed by atoms with E-state index in [4.69, 9.17) is 9.15 Å². The third kappa shape index (κ3) is 3.38. The number of benzene rings is 1. The fourth-order valence-electron chi connectivity index (χ4n) is 2.03. The molecule has 0 radical (unpaired) electrons. The van der Waals surface area contributed by atoms with Gasteiger partial charge >= 0.3 is 0 Å². The maximum atomic E-state index is 5.83. The highest BCUT2D eigenvalue weighted by Gasteiger charge is 2.21. The van der Waals surface area contributed by atoms with Crippen LogP contribution in [0.5, 0.6) is 5.75 Å². The van der Waals surface area contributed by atoms with Gasteiger partial charge in [0.05, 0.1) is 6.54 Å². The Morgan fingerprint density at radius 3 is 2.79 bits per heavy atom. The quantitative estimate of drug-likeness (QED) is 0.861. The summed E-state index contributed by atoms with van der Waals surface area (Å²) >= 11 is 0. The van der Waals surface area contributed by atoms with Crippen LogP contribution >= 0.6 is 0 Å². The second-order valence-electron chi connectivity index (χ2n) is 5.08. The first kappa shape index (κ1) is 12.3. The molecule has 1 aliphatic rings. The molecule has 0 atom stereocenters. The van der Waals surface area contributed by atoms with Crippen LogP contribution in [0.2, 0.25) is 0 Å². The molecule has 1 N–H and O–H groups in total. The van der Waals surface area contributed by atoms with E-state index in [-0.39, 0.29) is 0 Å². The van der Waals surface area contributed by atoms with Gasteiger partial charge in [-0.2, -0.15) is 0 Å². The van der Waals surface area contributed by atoms with Gasteiger partial charge in [-0.05, 0) is 43.5 Å². The van der Waals surface area contributed by atoms with Crippen LogP contribution < -0.4 is 10.1 Å². The number of hydrogen-bond acceptors (Lipinski definition) is 3. The van der Waals surface area contributed by atoms with Gasteiger partial charge in [-0.15, -0.1) is 0 Å². The summed E-state index contributed by atoms with van der Waals surface area (Å²) < 4.78 is 11.5. The monoisotopic (exact) mass is 257 g/mol. The SMILES string of the molecule is Cc1cc(COc2ccccc2)oc1CNC1CC1. The maximum Gasteiger partial charge on any atom is 0.146 e. The highest BCUT2D eigenvalue weighted by atomic mass is 16.5. The molecule has 19 heavy (non-hydrogen) atoms. The van der Waals surface area contributed by atoms with Crippen LogP contribution in [0.4, 0.5) is 0 Å². The van der Waals surface area contributed by atoms with Crippen molar-refractivity contribution in [1.82, 2.24) is 5.32 Å². The zero-order valence-corrected chi connectivity index (χ0v) is 11.2. The van der Waals surface area contributed by atoms with Gasteiger partial charge in [-0.1, -0.05) is 18.2 Å². The second kappa shape index (κ2) is 5.49. The molecule has 0 unspecified atom stereocenters. The lowest BCUT2D eigenvalue weighted by Crippen LogP contribution is -2.15. The zero-order chi connectivity index (χ0) is 13.1. The number of aryl methyl sites for hydroxylation is 1. The van der Waals surface area contributed by atoms with Crippen LogP contribution in [0.25, 0.3) is 0 Å². The number of ether oxygens (including phenoxy) is 1. The van der Waals surface area contributed by atoms with Crippen LogP contribution in [0, 0.1) is 6.92 Å². The van der Waals surface area contributed by atoms with Gasteiger partial charge in [0.1, 0.15) is 23.9 Å². The fraction of sp³-hybridized carbons (Fsp3) is 0.375. The molecule has 0 bridgehead atoms. The summed E-state index contributed by atoms with van der Waals surface area (Å²) in [6.07, 6.45) is 2.59. The lowest BCUT2D eigenvalue weighted by atomic mass is 10.2. The fourth-order valence-corrected chi connectivity index (χ4v) is 2.03. The molecule has 1 aliphatic carbocycles. The summed E-state index contributed by atoms with van der Waals surface area (Å²) in [5.74, 6) is 2.78. The van der Waals surface area contributed by atoms with Gasteiger partial charge in [-0.3, -0.25) is 0 Å². The maximum absolute atomic E-state index is 5.83. The lowest BCUT2D eigenvalue weighted by molar-refractivity contribution is 0.265. The van der Waals surface area contributed by atoms with E-state index in [0.717, 1.165) is 23.8 Å². The first-order valence-electron chi connectivity index (χ1n) is 6.80. The summed E-state index contributed by atoms with van der Waals surface area (Å²) in [5, 5.41) is 3.47. The minimum Gasteiger partial charge on any atom is -0.486 e. The van der Waals surface area contributed by atoms with Crippen molar-refractivity contribution >= 4 is 0 Å². The Bertz CT molecular complexity index is 529. The Morgan fingerprint density at radius 2 is 2.05 bits per heavy atom. The van der Waals surface area contributed by atoms with E-state index >= 15 is 0 Å². The van der Waals surface area contributed by atoms with E-state index in [2.05, 4.69) is 18.3 Å². The summed E-state index contributed by atoms with van der Waals surface area (Å²) in [6, 6.07) is 12.6. The normalized spacial score (nSPS) is 14.6. The molecule has 0 aliphatic heterocycles. The Labute approximate surface area is 113 Å². The summed E-state index contributed by atoms with van der Waals surface area (Å²) in [5.41, 5.74) is 1.19. The third-order valence-electron chi connectivity index (χ3n) is 3.32. The molecule has 2 aromatic rings. The van der Waals surface area contributed by atoms with E-state index in [1.165, 1.54) is 18.4 Å². The van der Waals surface area contributed by atoms with Gasteiger partial charge in [0.25, 0.3) is 0 Å². The van der Waals surface area contributed by atoms with Crippen molar-refractivity contribution in [2.45, 2.75) is 39.0 Å². The van der Waals surface area contributed by atoms with Crippen LogP contribution in [-0.2, 0) is 13.2 Å². The van der Waals surface area contributed by atoms with Crippen molar-refractivity contribution in [3.63, 3.8) is 0 Å². The number of nitrogens with one attached hydrogen (secondary N) is 1. The van der Waals surface area contributed by atoms with Gasteiger partial charge in [0.15, 0.2) is 0 Å². The highest BCUT2D eigenvalue weighted by molar-refractivity contribution is 5.23. The van der Waals surface area contributed by atoms with E-state index in [9.17, 15) is 0 Å². The van der Waals surface area contributed by atoms with Crippen molar-refractivity contribution in [2.24, 2.45) is 0 Å². The Kier molecular flexibility index (Phi) is 3.56. The topological polar surface area (TPSA) is 34.4 Å². The molecule has 1 aromatic heterocycles. The largest absolute Gasteiger partial charge is 0.486 e. The van der Waals surface area contributed by atoms with Crippen LogP contribution in [-0.4, -0.2) is 6.04 Å². The Morgan fingerprint density at radius 1 is 1.26 bits per heavy atom. The molecule has 3 heteroatoms. The van der Waals surface area contributed by atoms with Crippen molar-refractivity contribution in [3.8, 4) is 5.75 Å². The molecular formula is C16H19NO2. The minimum atomic E-state index is 0.480. The van der Waals surface area contributed by atoms with Gasteiger partial charge in [-0.25, -0.2) is 0 Å². The summed E-state index contributed by atoms with van der Waals surface area (Å²) in [6.45, 7) is 3.38. The lowest BCUT2D eigenvalue weighted by Gasteiger charge is -2.03. The smallest absolute Gasteiger partial charge is 0.146 e. The standard InChI is InChI=1S/C16H19NO2/c1-12-9-15(11-18-14-5-3-2-4-6-14)19-16(12)10-17-13-7-8-13/h2-6,9,13,17H,7-8,10-11H2,1H3. The summed E-state index contributed by atoms with van der Waals surface area (Å²) in [4.78, 5) is 0. The number of para-hydroxylation sites is 1. The molecule has 1 saturated carbocycles. The Balaban J connectivity index is 1.57. The van der Waals surface area contributed by atoms with Gasteiger partial charge in [0.2, 0.25) is 0 Å². The molecular weight excluding hydrogens is 238 g/mol.